The number of hydrogen-bond acceptors (Lipinski definition) is 5. The molecule has 0 saturated carbocycles. The fourth-order valence-corrected chi connectivity index (χ4v) is 3.30. The molecule has 0 radical (unpaired) electrons. The topological polar surface area (TPSA) is 66.9 Å². The second-order valence-electron chi connectivity index (χ2n) is 5.24. The fourth-order valence-electron chi connectivity index (χ4n) is 2.39. The van der Waals surface area contributed by atoms with Crippen LogP contribution in [0.2, 0.25) is 0 Å². The van der Waals surface area contributed by atoms with E-state index in [4.69, 9.17) is 4.74 Å². The number of esters is 1. The SMILES string of the molecule is COC(=O)C1CCN(c2ccc(S(=O)(=O)N(C)C)cc2)C1. The molecule has 0 spiro atoms. The van der Waals surface area contributed by atoms with Crippen molar-refractivity contribution < 1.29 is 17.9 Å². The summed E-state index contributed by atoms with van der Waals surface area (Å²) in [4.78, 5) is 13.8. The molecule has 1 aromatic rings. The predicted octanol–water partition coefficient (Wildman–Crippen LogP) is 0.936. The van der Waals surface area contributed by atoms with E-state index in [2.05, 4.69) is 4.90 Å². The van der Waals surface area contributed by atoms with E-state index in [1.54, 1.807) is 24.3 Å². The van der Waals surface area contributed by atoms with Crippen molar-refractivity contribution in [2.24, 2.45) is 5.92 Å². The smallest absolute Gasteiger partial charge is 0.310 e. The Morgan fingerprint density at radius 2 is 1.90 bits per heavy atom. The number of anilines is 1. The summed E-state index contributed by atoms with van der Waals surface area (Å²) >= 11 is 0. The summed E-state index contributed by atoms with van der Waals surface area (Å²) in [6.45, 7) is 1.37. The van der Waals surface area contributed by atoms with Gasteiger partial charge in [0.25, 0.3) is 0 Å². The number of carbonyl (C=O) groups excluding carboxylic acids is 1. The van der Waals surface area contributed by atoms with E-state index < -0.39 is 10.0 Å². The average molecular weight is 312 g/mol. The molecule has 1 saturated heterocycles. The lowest BCUT2D eigenvalue weighted by Gasteiger charge is -2.19. The lowest BCUT2D eigenvalue weighted by molar-refractivity contribution is -0.144. The van der Waals surface area contributed by atoms with E-state index in [-0.39, 0.29) is 16.8 Å². The lowest BCUT2D eigenvalue weighted by Crippen LogP contribution is -2.24. The summed E-state index contributed by atoms with van der Waals surface area (Å²) in [5.74, 6) is -0.301. The van der Waals surface area contributed by atoms with E-state index in [1.165, 1.54) is 25.5 Å². The molecule has 0 aliphatic carbocycles. The van der Waals surface area contributed by atoms with Crippen molar-refractivity contribution in [3.63, 3.8) is 0 Å². The van der Waals surface area contributed by atoms with Crippen LogP contribution < -0.4 is 4.90 Å². The quantitative estimate of drug-likeness (QED) is 0.774. The van der Waals surface area contributed by atoms with Gasteiger partial charge in [0, 0.05) is 32.9 Å². The van der Waals surface area contributed by atoms with E-state index in [9.17, 15) is 13.2 Å². The Morgan fingerprint density at radius 1 is 1.29 bits per heavy atom. The van der Waals surface area contributed by atoms with Crippen LogP contribution in [0.15, 0.2) is 29.2 Å². The first-order chi connectivity index (χ1) is 9.86. The Hall–Kier alpha value is -1.60. The Labute approximate surface area is 125 Å². The van der Waals surface area contributed by atoms with Crippen LogP contribution in [0.1, 0.15) is 6.42 Å². The van der Waals surface area contributed by atoms with Crippen LogP contribution in [0.5, 0.6) is 0 Å². The Kier molecular flexibility index (Phi) is 4.53. The Morgan fingerprint density at radius 3 is 2.43 bits per heavy atom. The molecule has 1 aliphatic heterocycles. The second kappa shape index (κ2) is 6.03. The van der Waals surface area contributed by atoms with Gasteiger partial charge in [-0.1, -0.05) is 0 Å². The van der Waals surface area contributed by atoms with Crippen molar-refractivity contribution in [3.8, 4) is 0 Å². The van der Waals surface area contributed by atoms with Gasteiger partial charge in [-0.05, 0) is 30.7 Å². The van der Waals surface area contributed by atoms with Crippen molar-refractivity contribution in [1.82, 2.24) is 4.31 Å². The van der Waals surface area contributed by atoms with Crippen LogP contribution in [0.3, 0.4) is 0 Å². The molecule has 0 aromatic heterocycles. The maximum atomic E-state index is 12.0. The molecule has 2 rings (SSSR count). The molecule has 116 valence electrons. The minimum absolute atomic E-state index is 0.111. The van der Waals surface area contributed by atoms with Gasteiger partial charge in [-0.25, -0.2) is 12.7 Å². The highest BCUT2D eigenvalue weighted by Crippen LogP contribution is 2.26. The molecular formula is C14H20N2O4S. The zero-order valence-electron chi connectivity index (χ0n) is 12.4. The minimum Gasteiger partial charge on any atom is -0.469 e. The standard InChI is InChI=1S/C14H20N2O4S/c1-15(2)21(18,19)13-6-4-12(5-7-13)16-9-8-11(10-16)14(17)20-3/h4-7,11H,8-10H2,1-3H3. The van der Waals surface area contributed by atoms with Gasteiger partial charge in [0.05, 0.1) is 17.9 Å². The van der Waals surface area contributed by atoms with Crippen molar-refractivity contribution in [2.75, 3.05) is 39.2 Å². The zero-order valence-corrected chi connectivity index (χ0v) is 13.3. The molecule has 1 heterocycles. The van der Waals surface area contributed by atoms with E-state index in [1.807, 2.05) is 0 Å². The van der Waals surface area contributed by atoms with Gasteiger partial charge < -0.3 is 9.64 Å². The number of benzene rings is 1. The summed E-state index contributed by atoms with van der Waals surface area (Å²) in [6.07, 6.45) is 0.754. The Balaban J connectivity index is 2.12. The van der Waals surface area contributed by atoms with Gasteiger partial charge in [0.2, 0.25) is 10.0 Å². The molecule has 1 atom stereocenters. The summed E-state index contributed by atoms with van der Waals surface area (Å²) in [5, 5.41) is 0. The first kappa shape index (κ1) is 15.8. The number of rotatable bonds is 4. The normalized spacial score (nSPS) is 19.0. The molecule has 1 aromatic carbocycles. The zero-order chi connectivity index (χ0) is 15.6. The van der Waals surface area contributed by atoms with Crippen LogP contribution >= 0.6 is 0 Å². The second-order valence-corrected chi connectivity index (χ2v) is 7.39. The predicted molar refractivity (Wildman–Crippen MR) is 79.7 cm³/mol. The molecule has 7 heteroatoms. The number of ether oxygens (including phenoxy) is 1. The Bertz CT molecular complexity index is 610. The van der Waals surface area contributed by atoms with Crippen molar-refractivity contribution in [1.29, 1.82) is 0 Å². The highest BCUT2D eigenvalue weighted by molar-refractivity contribution is 7.89. The minimum atomic E-state index is -3.40. The molecule has 0 N–H and O–H groups in total. The van der Waals surface area contributed by atoms with Gasteiger partial charge in [0.15, 0.2) is 0 Å². The molecular weight excluding hydrogens is 292 g/mol. The summed E-state index contributed by atoms with van der Waals surface area (Å²) < 4.78 is 29.9. The maximum absolute atomic E-state index is 12.0. The van der Waals surface area contributed by atoms with Gasteiger partial charge in [-0.3, -0.25) is 4.79 Å². The van der Waals surface area contributed by atoms with Gasteiger partial charge >= 0.3 is 5.97 Å². The van der Waals surface area contributed by atoms with E-state index in [0.717, 1.165) is 18.7 Å². The van der Waals surface area contributed by atoms with Crippen LogP contribution in [-0.2, 0) is 19.6 Å². The number of carbonyl (C=O) groups is 1. The highest BCUT2D eigenvalue weighted by atomic mass is 32.2. The molecule has 1 fully saturated rings. The van der Waals surface area contributed by atoms with Crippen molar-refractivity contribution in [2.45, 2.75) is 11.3 Å². The monoisotopic (exact) mass is 312 g/mol. The molecule has 1 aliphatic rings. The summed E-state index contributed by atoms with van der Waals surface area (Å²) in [7, 11) is 0.999. The lowest BCUT2D eigenvalue weighted by atomic mass is 10.1. The van der Waals surface area contributed by atoms with Crippen LogP contribution in [0.25, 0.3) is 0 Å². The van der Waals surface area contributed by atoms with Crippen molar-refractivity contribution in [3.05, 3.63) is 24.3 Å². The van der Waals surface area contributed by atoms with Crippen LogP contribution in [0.4, 0.5) is 5.69 Å². The third kappa shape index (κ3) is 3.19. The molecule has 0 amide bonds. The molecule has 21 heavy (non-hydrogen) atoms. The third-order valence-electron chi connectivity index (χ3n) is 3.70. The van der Waals surface area contributed by atoms with Crippen LogP contribution in [0, 0.1) is 5.92 Å². The first-order valence-corrected chi connectivity index (χ1v) is 8.15. The number of methoxy groups -OCH3 is 1. The summed E-state index contributed by atoms with van der Waals surface area (Å²) in [5.41, 5.74) is 0.916. The molecule has 6 nitrogen and oxygen atoms in total. The van der Waals surface area contributed by atoms with E-state index >= 15 is 0 Å². The van der Waals surface area contributed by atoms with Gasteiger partial charge in [-0.2, -0.15) is 0 Å². The number of hydrogen-bond donors (Lipinski definition) is 0. The molecule has 1 unspecified atom stereocenters. The fraction of sp³-hybridized carbons (Fsp3) is 0.500. The maximum Gasteiger partial charge on any atom is 0.310 e. The summed E-state index contributed by atoms with van der Waals surface area (Å²) in [6, 6.07) is 6.73. The number of sulfonamides is 1. The van der Waals surface area contributed by atoms with Crippen LogP contribution in [-0.4, -0.2) is 53.0 Å². The average Bonchev–Trinajstić information content (AvgIpc) is 2.96. The molecule has 0 bridgehead atoms. The largest absolute Gasteiger partial charge is 0.469 e. The number of nitrogens with zero attached hydrogens (tertiary/aromatic N) is 2. The highest BCUT2D eigenvalue weighted by Gasteiger charge is 2.29. The van der Waals surface area contributed by atoms with Crippen molar-refractivity contribution >= 4 is 21.7 Å². The first-order valence-electron chi connectivity index (χ1n) is 6.71. The van der Waals surface area contributed by atoms with E-state index in [0.29, 0.717) is 6.54 Å². The van der Waals surface area contributed by atoms with Gasteiger partial charge in [0.1, 0.15) is 0 Å². The third-order valence-corrected chi connectivity index (χ3v) is 5.53. The van der Waals surface area contributed by atoms with Gasteiger partial charge in [-0.15, -0.1) is 0 Å².